The van der Waals surface area contributed by atoms with Crippen LogP contribution in [0.15, 0.2) is 48.3 Å². The second-order valence-corrected chi connectivity index (χ2v) is 8.11. The normalized spacial score (nSPS) is 11.7. The molecule has 0 aliphatic rings. The van der Waals surface area contributed by atoms with Crippen molar-refractivity contribution in [2.45, 2.75) is 12.4 Å². The van der Waals surface area contributed by atoms with Gasteiger partial charge in [-0.3, -0.25) is 0 Å². The van der Waals surface area contributed by atoms with Crippen LogP contribution in [0.5, 0.6) is 5.75 Å². The maximum absolute atomic E-state index is 14.2. The number of hydrogen-bond acceptors (Lipinski definition) is 6. The minimum Gasteiger partial charge on any atom is -0.486 e. The van der Waals surface area contributed by atoms with E-state index in [1.165, 1.54) is 23.5 Å². The van der Waals surface area contributed by atoms with E-state index >= 15 is 0 Å². The number of carboxylic acid groups (broad SMARTS) is 2. The molecule has 3 rings (SSSR count). The van der Waals surface area contributed by atoms with E-state index in [0.29, 0.717) is 21.9 Å². The summed E-state index contributed by atoms with van der Waals surface area (Å²) in [4.78, 5) is 22.3. The topological polar surface area (TPSA) is 123 Å². The molecule has 0 aliphatic carbocycles. The number of rotatable bonds is 5. The largest absolute Gasteiger partial charge is 0.490 e. The molecule has 2 aromatic carbocycles. The molecule has 17 heteroatoms. The van der Waals surface area contributed by atoms with Gasteiger partial charge in [-0.15, -0.1) is 11.3 Å². The van der Waals surface area contributed by atoms with Gasteiger partial charge < -0.3 is 20.7 Å². The quantitative estimate of drug-likeness (QED) is 0.300. The number of nitrogens with two attached hydrogens (primary N) is 1. The Labute approximate surface area is 216 Å². The van der Waals surface area contributed by atoms with E-state index in [1.807, 2.05) is 12.1 Å². The molecule has 0 fully saturated rings. The van der Waals surface area contributed by atoms with Gasteiger partial charge in [-0.2, -0.15) is 26.3 Å². The number of aromatic nitrogens is 1. The highest BCUT2D eigenvalue weighted by Crippen LogP contribution is 2.33. The molecular formula is C21H15ClF8N2O5S. The molecule has 208 valence electrons. The van der Waals surface area contributed by atoms with E-state index in [2.05, 4.69) is 4.98 Å². The van der Waals surface area contributed by atoms with Crippen molar-refractivity contribution in [2.24, 2.45) is 5.73 Å². The van der Waals surface area contributed by atoms with Gasteiger partial charge in [0.1, 0.15) is 11.6 Å². The number of carboxylic acids is 2. The van der Waals surface area contributed by atoms with Crippen molar-refractivity contribution in [3.05, 3.63) is 59.1 Å². The van der Waals surface area contributed by atoms with E-state index in [9.17, 15) is 35.1 Å². The van der Waals surface area contributed by atoms with Gasteiger partial charge in [0.05, 0.1) is 16.5 Å². The third-order valence-electron chi connectivity index (χ3n) is 3.84. The molecule has 0 bridgehead atoms. The SMILES string of the molecule is NC/C(=C/F)COc1ccc(-c2nc3ccc(Cl)cc3s2)cc1F.O=C(O)C(F)(F)F.O=C(O)C(F)(F)F. The molecule has 1 heterocycles. The van der Waals surface area contributed by atoms with Gasteiger partial charge in [0.25, 0.3) is 0 Å². The van der Waals surface area contributed by atoms with Crippen LogP contribution in [0.1, 0.15) is 0 Å². The maximum atomic E-state index is 14.2. The minimum absolute atomic E-state index is 0.0183. The Morgan fingerprint density at radius 1 is 1.03 bits per heavy atom. The molecular weight excluding hydrogens is 580 g/mol. The lowest BCUT2D eigenvalue weighted by atomic mass is 10.2. The molecule has 3 aromatic rings. The maximum Gasteiger partial charge on any atom is 0.490 e. The van der Waals surface area contributed by atoms with Gasteiger partial charge in [-0.05, 0) is 36.4 Å². The molecule has 7 nitrogen and oxygen atoms in total. The van der Waals surface area contributed by atoms with Crippen molar-refractivity contribution >= 4 is 45.1 Å². The molecule has 0 atom stereocenters. The summed E-state index contributed by atoms with van der Waals surface area (Å²) in [5.74, 6) is -6.02. The lowest BCUT2D eigenvalue weighted by molar-refractivity contribution is -0.193. The van der Waals surface area contributed by atoms with Crippen molar-refractivity contribution in [2.75, 3.05) is 13.2 Å². The van der Waals surface area contributed by atoms with Gasteiger partial charge >= 0.3 is 24.3 Å². The molecule has 0 saturated heterocycles. The number of aliphatic carboxylic acids is 2. The fourth-order valence-corrected chi connectivity index (χ4v) is 3.32. The summed E-state index contributed by atoms with van der Waals surface area (Å²) in [6.07, 6.45) is -9.79. The van der Waals surface area contributed by atoms with Gasteiger partial charge in [0.2, 0.25) is 0 Å². The summed E-state index contributed by atoms with van der Waals surface area (Å²) in [5.41, 5.74) is 7.03. The Balaban J connectivity index is 0.000000426. The lowest BCUT2D eigenvalue weighted by Gasteiger charge is -2.08. The summed E-state index contributed by atoms with van der Waals surface area (Å²) < 4.78 is 96.3. The second kappa shape index (κ2) is 13.9. The third-order valence-corrected chi connectivity index (χ3v) is 5.15. The van der Waals surface area contributed by atoms with Crippen molar-refractivity contribution in [3.8, 4) is 16.3 Å². The van der Waals surface area contributed by atoms with E-state index in [4.69, 9.17) is 41.9 Å². The van der Waals surface area contributed by atoms with Crippen molar-refractivity contribution in [1.29, 1.82) is 0 Å². The third kappa shape index (κ3) is 10.5. The Kier molecular flexibility index (Phi) is 11.9. The Morgan fingerprint density at radius 2 is 1.58 bits per heavy atom. The first-order valence-corrected chi connectivity index (χ1v) is 10.8. The van der Waals surface area contributed by atoms with Crippen molar-refractivity contribution < 1.29 is 59.7 Å². The first-order valence-electron chi connectivity index (χ1n) is 9.56. The van der Waals surface area contributed by atoms with Gasteiger partial charge in [0, 0.05) is 22.7 Å². The standard InChI is InChI=1S/C17H13ClF2N2OS.2C2HF3O2/c18-12-2-3-14-16(6-12)24-17(22-14)11-1-4-15(13(20)5-11)23-9-10(7-19)8-21;2*3-2(4,5)1(6)7/h1-7H,8-9,21H2;2*(H,6,7)/b10-7-;;. The van der Waals surface area contributed by atoms with Crippen LogP contribution < -0.4 is 10.5 Å². The number of ether oxygens (including phenoxy) is 1. The zero-order valence-corrected chi connectivity index (χ0v) is 20.0. The fraction of sp³-hybridized carbons (Fsp3) is 0.190. The van der Waals surface area contributed by atoms with Crippen LogP contribution in [0.3, 0.4) is 0 Å². The highest BCUT2D eigenvalue weighted by atomic mass is 35.5. The number of fused-ring (bicyclic) bond motifs is 1. The molecule has 0 aliphatic heterocycles. The van der Waals surface area contributed by atoms with E-state index in [0.717, 1.165) is 10.2 Å². The molecule has 38 heavy (non-hydrogen) atoms. The van der Waals surface area contributed by atoms with E-state index < -0.39 is 30.1 Å². The number of thiazole rings is 1. The van der Waals surface area contributed by atoms with Crippen LogP contribution in [-0.4, -0.2) is 52.6 Å². The summed E-state index contributed by atoms with van der Waals surface area (Å²) in [5, 5.41) is 15.6. The fourth-order valence-electron chi connectivity index (χ4n) is 2.08. The number of halogens is 9. The molecule has 0 unspecified atom stereocenters. The molecule has 0 saturated carbocycles. The number of hydrogen-bond donors (Lipinski definition) is 3. The monoisotopic (exact) mass is 594 g/mol. The van der Waals surface area contributed by atoms with Crippen LogP contribution in [0.25, 0.3) is 20.8 Å². The predicted molar refractivity (Wildman–Crippen MR) is 121 cm³/mol. The summed E-state index contributed by atoms with van der Waals surface area (Å²) in [6.45, 7) is -0.0760. The Bertz CT molecular complexity index is 1270. The molecule has 0 radical (unpaired) electrons. The van der Waals surface area contributed by atoms with Gasteiger partial charge in [-0.25, -0.2) is 23.4 Å². The predicted octanol–water partition coefficient (Wildman–Crippen LogP) is 6.21. The molecule has 0 amide bonds. The van der Waals surface area contributed by atoms with Crippen LogP contribution in [0.2, 0.25) is 5.02 Å². The zero-order valence-electron chi connectivity index (χ0n) is 18.4. The number of benzene rings is 2. The smallest absolute Gasteiger partial charge is 0.486 e. The summed E-state index contributed by atoms with van der Waals surface area (Å²) >= 11 is 7.39. The van der Waals surface area contributed by atoms with E-state index in [-0.39, 0.29) is 24.5 Å². The van der Waals surface area contributed by atoms with Crippen LogP contribution >= 0.6 is 22.9 Å². The lowest BCUT2D eigenvalue weighted by Crippen LogP contribution is -2.21. The number of nitrogens with zero attached hydrogens (tertiary/aromatic N) is 1. The van der Waals surface area contributed by atoms with Crippen LogP contribution in [0.4, 0.5) is 35.1 Å². The van der Waals surface area contributed by atoms with Crippen LogP contribution in [-0.2, 0) is 9.59 Å². The minimum atomic E-state index is -5.08. The van der Waals surface area contributed by atoms with Gasteiger partial charge in [-0.1, -0.05) is 11.6 Å². The highest BCUT2D eigenvalue weighted by molar-refractivity contribution is 7.21. The Hall–Kier alpha value is -3.50. The number of carbonyl (C=O) groups is 2. The second-order valence-electron chi connectivity index (χ2n) is 6.64. The first-order chi connectivity index (χ1) is 17.5. The Morgan fingerprint density at radius 3 is 2.03 bits per heavy atom. The average molecular weight is 595 g/mol. The van der Waals surface area contributed by atoms with Crippen molar-refractivity contribution in [3.63, 3.8) is 0 Å². The average Bonchev–Trinajstić information content (AvgIpc) is 3.23. The number of alkyl halides is 6. The molecule has 0 spiro atoms. The highest BCUT2D eigenvalue weighted by Gasteiger charge is 2.38. The summed E-state index contributed by atoms with van der Waals surface area (Å²) in [6, 6.07) is 9.95. The zero-order chi connectivity index (χ0) is 29.3. The van der Waals surface area contributed by atoms with Crippen molar-refractivity contribution in [1.82, 2.24) is 4.98 Å². The van der Waals surface area contributed by atoms with E-state index in [1.54, 1.807) is 12.1 Å². The summed E-state index contributed by atoms with van der Waals surface area (Å²) in [7, 11) is 0. The first kappa shape index (κ1) is 32.5. The molecule has 4 N–H and O–H groups in total. The van der Waals surface area contributed by atoms with Gasteiger partial charge in [0.15, 0.2) is 11.6 Å². The molecule has 1 aromatic heterocycles. The van der Waals surface area contributed by atoms with Crippen LogP contribution in [0, 0.1) is 5.82 Å².